The number of hydrogen-bond donors (Lipinski definition) is 1. The molecule has 0 spiro atoms. The van der Waals surface area contributed by atoms with Crippen molar-refractivity contribution in [3.05, 3.63) is 0 Å². The molecule has 0 aromatic carbocycles. The molecule has 0 heterocycles. The molecule has 0 bridgehead atoms. The molecule has 0 aromatic rings. The maximum Gasteiger partial charge on any atom is 0.500 e. The molecule has 0 rings (SSSR count). The molecule has 1 N–H and O–H groups in total. The van der Waals surface area contributed by atoms with Crippen LogP contribution in [0.5, 0.6) is 0 Å². The van der Waals surface area contributed by atoms with E-state index in [1.54, 1.807) is 21.3 Å². The van der Waals surface area contributed by atoms with Crippen molar-refractivity contribution in [3.8, 4) is 0 Å². The monoisotopic (exact) mass is 339 g/mol. The molecule has 0 fully saturated rings. The summed E-state index contributed by atoms with van der Waals surface area (Å²) in [5.41, 5.74) is -0.0890. The Morgan fingerprint density at radius 3 is 2.14 bits per heavy atom. The van der Waals surface area contributed by atoms with Gasteiger partial charge in [-0.1, -0.05) is 0 Å². The van der Waals surface area contributed by atoms with Crippen molar-refractivity contribution in [1.29, 1.82) is 0 Å². The van der Waals surface area contributed by atoms with Crippen LogP contribution in [0.25, 0.3) is 0 Å². The van der Waals surface area contributed by atoms with Gasteiger partial charge in [-0.25, -0.2) is 0 Å². The first-order chi connectivity index (χ1) is 9.78. The Morgan fingerprint density at radius 1 is 1.10 bits per heavy atom. The van der Waals surface area contributed by atoms with Crippen LogP contribution in [-0.4, -0.2) is 60.0 Å². The van der Waals surface area contributed by atoms with Gasteiger partial charge in [0.05, 0.1) is 12.3 Å². The standard InChI is InChI=1S/C14H33NO4SSi/c1-13(15-12-19-14(2,3)4)11-20-9-8-10-21(16-5,17-6)18-7/h13,15H,8-12H2,1-7H3. The van der Waals surface area contributed by atoms with E-state index in [2.05, 4.69) is 33.0 Å². The molecule has 0 saturated heterocycles. The fourth-order valence-electron chi connectivity index (χ4n) is 1.67. The fourth-order valence-corrected chi connectivity index (χ4v) is 4.63. The minimum atomic E-state index is -2.39. The minimum absolute atomic E-state index is 0.0890. The van der Waals surface area contributed by atoms with Crippen LogP contribution in [0.3, 0.4) is 0 Å². The van der Waals surface area contributed by atoms with Gasteiger partial charge in [0, 0.05) is 39.2 Å². The minimum Gasteiger partial charge on any atom is -0.377 e. The Balaban J connectivity index is 3.66. The molecule has 128 valence electrons. The molecule has 1 atom stereocenters. The van der Waals surface area contributed by atoms with Crippen molar-refractivity contribution in [3.63, 3.8) is 0 Å². The van der Waals surface area contributed by atoms with Crippen molar-refractivity contribution < 1.29 is 18.0 Å². The molecule has 0 aromatic heterocycles. The zero-order valence-electron chi connectivity index (χ0n) is 14.7. The van der Waals surface area contributed by atoms with E-state index in [1.165, 1.54) is 0 Å². The molecule has 0 aliphatic carbocycles. The summed E-state index contributed by atoms with van der Waals surface area (Å²) in [6, 6.07) is 1.30. The van der Waals surface area contributed by atoms with E-state index in [1.807, 2.05) is 11.8 Å². The molecule has 0 saturated carbocycles. The maximum atomic E-state index is 5.65. The molecular formula is C14H33NO4SSi. The maximum absolute atomic E-state index is 5.65. The summed E-state index contributed by atoms with van der Waals surface area (Å²) in [5.74, 6) is 2.14. The second kappa shape index (κ2) is 11.0. The summed E-state index contributed by atoms with van der Waals surface area (Å²) in [6.07, 6.45) is 1.04. The van der Waals surface area contributed by atoms with Gasteiger partial charge in [-0.05, 0) is 39.9 Å². The first kappa shape index (κ1) is 21.4. The number of ether oxygens (including phenoxy) is 1. The highest BCUT2D eigenvalue weighted by atomic mass is 32.2. The van der Waals surface area contributed by atoms with Crippen LogP contribution in [0.4, 0.5) is 0 Å². The van der Waals surface area contributed by atoms with Crippen LogP contribution < -0.4 is 5.32 Å². The van der Waals surface area contributed by atoms with Crippen LogP contribution in [-0.2, 0) is 18.0 Å². The number of rotatable bonds is 12. The summed E-state index contributed by atoms with van der Waals surface area (Å²) in [6.45, 7) is 8.96. The summed E-state index contributed by atoms with van der Waals surface area (Å²) in [4.78, 5) is 0. The Bertz CT molecular complexity index is 252. The normalized spacial score (nSPS) is 14.4. The molecule has 0 amide bonds. The zero-order valence-corrected chi connectivity index (χ0v) is 16.5. The summed E-state index contributed by atoms with van der Waals surface area (Å²) in [7, 11) is 2.60. The van der Waals surface area contributed by atoms with E-state index in [4.69, 9.17) is 18.0 Å². The number of nitrogens with one attached hydrogen (secondary N) is 1. The first-order valence-electron chi connectivity index (χ1n) is 7.39. The SMILES string of the molecule is CO[Si](CCCSCC(C)NCOC(C)(C)C)(OC)OC. The van der Waals surface area contributed by atoms with Crippen molar-refractivity contribution in [2.24, 2.45) is 0 Å². The third-order valence-corrected chi connectivity index (χ3v) is 7.15. The summed E-state index contributed by atoms with van der Waals surface area (Å²) < 4.78 is 21.9. The van der Waals surface area contributed by atoms with Crippen LogP contribution >= 0.6 is 11.8 Å². The highest BCUT2D eigenvalue weighted by Crippen LogP contribution is 2.17. The predicted molar refractivity (Wildman–Crippen MR) is 91.8 cm³/mol. The smallest absolute Gasteiger partial charge is 0.377 e. The third-order valence-electron chi connectivity index (χ3n) is 3.01. The highest BCUT2D eigenvalue weighted by molar-refractivity contribution is 7.99. The average molecular weight is 340 g/mol. The fraction of sp³-hybridized carbons (Fsp3) is 1.00. The first-order valence-corrected chi connectivity index (χ1v) is 10.5. The lowest BCUT2D eigenvalue weighted by atomic mass is 10.2. The van der Waals surface area contributed by atoms with Gasteiger partial charge in [0.2, 0.25) is 0 Å². The van der Waals surface area contributed by atoms with Gasteiger partial charge < -0.3 is 18.0 Å². The van der Waals surface area contributed by atoms with Crippen LogP contribution in [0.15, 0.2) is 0 Å². The van der Waals surface area contributed by atoms with Crippen molar-refractivity contribution >= 4 is 20.6 Å². The third kappa shape index (κ3) is 10.7. The van der Waals surface area contributed by atoms with Crippen molar-refractivity contribution in [2.45, 2.75) is 51.8 Å². The van der Waals surface area contributed by atoms with Crippen LogP contribution in [0.1, 0.15) is 34.1 Å². The molecule has 0 radical (unpaired) electrons. The lowest BCUT2D eigenvalue weighted by molar-refractivity contribution is -0.0156. The van der Waals surface area contributed by atoms with Crippen molar-refractivity contribution in [2.75, 3.05) is 39.6 Å². The number of thioether (sulfide) groups is 1. The van der Waals surface area contributed by atoms with E-state index in [0.717, 1.165) is 24.0 Å². The lowest BCUT2D eigenvalue weighted by Crippen LogP contribution is -2.42. The van der Waals surface area contributed by atoms with Gasteiger partial charge >= 0.3 is 8.80 Å². The van der Waals surface area contributed by atoms with Crippen molar-refractivity contribution in [1.82, 2.24) is 5.32 Å². The van der Waals surface area contributed by atoms with Crippen LogP contribution in [0.2, 0.25) is 6.04 Å². The molecule has 0 aliphatic heterocycles. The van der Waals surface area contributed by atoms with Gasteiger partial charge in [0.25, 0.3) is 0 Å². The highest BCUT2D eigenvalue weighted by Gasteiger charge is 2.36. The van der Waals surface area contributed by atoms with E-state index in [-0.39, 0.29) is 5.60 Å². The van der Waals surface area contributed by atoms with Gasteiger partial charge in [-0.2, -0.15) is 11.8 Å². The van der Waals surface area contributed by atoms with E-state index in [9.17, 15) is 0 Å². The second-order valence-electron chi connectivity index (χ2n) is 5.98. The van der Waals surface area contributed by atoms with E-state index < -0.39 is 8.80 Å². The Kier molecular flexibility index (Phi) is 11.2. The Morgan fingerprint density at radius 2 is 1.67 bits per heavy atom. The predicted octanol–water partition coefficient (Wildman–Crippen LogP) is 2.74. The number of hydrogen-bond acceptors (Lipinski definition) is 6. The van der Waals surface area contributed by atoms with Gasteiger partial charge in [-0.3, -0.25) is 5.32 Å². The molecule has 5 nitrogen and oxygen atoms in total. The Hall–Kier alpha value is 0.367. The van der Waals surface area contributed by atoms with E-state index >= 15 is 0 Å². The molecule has 21 heavy (non-hydrogen) atoms. The molecule has 0 aliphatic rings. The lowest BCUT2D eigenvalue weighted by Gasteiger charge is -2.24. The quantitative estimate of drug-likeness (QED) is 0.335. The van der Waals surface area contributed by atoms with Gasteiger partial charge in [0.1, 0.15) is 0 Å². The van der Waals surface area contributed by atoms with Crippen LogP contribution in [0, 0.1) is 0 Å². The second-order valence-corrected chi connectivity index (χ2v) is 10.2. The zero-order chi connectivity index (χ0) is 16.4. The largest absolute Gasteiger partial charge is 0.500 e. The Labute approximate surface area is 135 Å². The summed E-state index contributed by atoms with van der Waals surface area (Å²) >= 11 is 1.93. The molecule has 7 heteroatoms. The molecular weight excluding hydrogens is 306 g/mol. The summed E-state index contributed by atoms with van der Waals surface area (Å²) in [5, 5.41) is 3.37. The average Bonchev–Trinajstić information content (AvgIpc) is 2.42. The van der Waals surface area contributed by atoms with Gasteiger partial charge in [0.15, 0.2) is 0 Å². The topological polar surface area (TPSA) is 49.0 Å². The van der Waals surface area contributed by atoms with Gasteiger partial charge in [-0.15, -0.1) is 0 Å². The van der Waals surface area contributed by atoms with E-state index in [0.29, 0.717) is 12.8 Å². The molecule has 1 unspecified atom stereocenters.